The van der Waals surface area contributed by atoms with Crippen molar-refractivity contribution < 1.29 is 4.74 Å². The van der Waals surface area contributed by atoms with Crippen LogP contribution in [0.1, 0.15) is 18.7 Å². The standard InChI is InChI=1S/C11H14N4O/c1-6(12)10-8-5-7(16-2)3-4-9(8)14-11(13)15-10/h3-6H,12H2,1-2H3,(H2,13,14,15). The summed E-state index contributed by atoms with van der Waals surface area (Å²) in [5.74, 6) is 0.993. The van der Waals surface area contributed by atoms with Crippen LogP contribution < -0.4 is 16.2 Å². The molecule has 5 heteroatoms. The number of anilines is 1. The lowest BCUT2D eigenvalue weighted by molar-refractivity contribution is 0.415. The molecule has 2 rings (SSSR count). The third-order valence-corrected chi connectivity index (χ3v) is 2.38. The number of ether oxygens (including phenoxy) is 1. The van der Waals surface area contributed by atoms with E-state index in [4.69, 9.17) is 16.2 Å². The van der Waals surface area contributed by atoms with Gasteiger partial charge in [-0.1, -0.05) is 0 Å². The molecule has 0 saturated heterocycles. The summed E-state index contributed by atoms with van der Waals surface area (Å²) in [6, 6.07) is 5.35. The minimum Gasteiger partial charge on any atom is -0.497 e. The summed E-state index contributed by atoms with van der Waals surface area (Å²) in [6.45, 7) is 1.86. The molecule has 1 atom stereocenters. The topological polar surface area (TPSA) is 87.0 Å². The Morgan fingerprint density at radius 3 is 2.69 bits per heavy atom. The Morgan fingerprint density at radius 1 is 1.31 bits per heavy atom. The quantitative estimate of drug-likeness (QED) is 0.791. The molecule has 0 radical (unpaired) electrons. The van der Waals surface area contributed by atoms with Crippen LogP contribution in [-0.4, -0.2) is 17.1 Å². The molecule has 4 N–H and O–H groups in total. The Hall–Kier alpha value is -1.88. The minimum atomic E-state index is -0.195. The van der Waals surface area contributed by atoms with Gasteiger partial charge in [-0.15, -0.1) is 0 Å². The second-order valence-electron chi connectivity index (χ2n) is 3.64. The monoisotopic (exact) mass is 218 g/mol. The largest absolute Gasteiger partial charge is 0.497 e. The zero-order valence-corrected chi connectivity index (χ0v) is 9.27. The minimum absolute atomic E-state index is 0.195. The van der Waals surface area contributed by atoms with Crippen LogP contribution in [-0.2, 0) is 0 Å². The number of methoxy groups -OCH3 is 1. The van der Waals surface area contributed by atoms with E-state index in [9.17, 15) is 0 Å². The third kappa shape index (κ3) is 1.77. The lowest BCUT2D eigenvalue weighted by Gasteiger charge is -2.10. The van der Waals surface area contributed by atoms with Crippen molar-refractivity contribution in [2.45, 2.75) is 13.0 Å². The highest BCUT2D eigenvalue weighted by atomic mass is 16.5. The van der Waals surface area contributed by atoms with Crippen LogP contribution >= 0.6 is 0 Å². The second kappa shape index (κ2) is 3.94. The molecule has 1 heterocycles. The molecule has 0 aliphatic rings. The van der Waals surface area contributed by atoms with Crippen molar-refractivity contribution in [3.05, 3.63) is 23.9 Å². The molecule has 1 aromatic carbocycles. The molecular weight excluding hydrogens is 204 g/mol. The molecule has 0 saturated carbocycles. The lowest BCUT2D eigenvalue weighted by atomic mass is 10.1. The van der Waals surface area contributed by atoms with Crippen molar-refractivity contribution in [1.82, 2.24) is 9.97 Å². The zero-order chi connectivity index (χ0) is 11.7. The van der Waals surface area contributed by atoms with Crippen molar-refractivity contribution >= 4 is 16.9 Å². The Kier molecular flexibility index (Phi) is 2.62. The van der Waals surface area contributed by atoms with Crippen LogP contribution in [0.5, 0.6) is 5.75 Å². The van der Waals surface area contributed by atoms with Gasteiger partial charge in [-0.25, -0.2) is 9.97 Å². The molecule has 0 aliphatic heterocycles. The first kappa shape index (κ1) is 10.6. The van der Waals surface area contributed by atoms with E-state index in [-0.39, 0.29) is 12.0 Å². The van der Waals surface area contributed by atoms with Crippen LogP contribution in [0.15, 0.2) is 18.2 Å². The molecule has 5 nitrogen and oxygen atoms in total. The number of benzene rings is 1. The summed E-state index contributed by atoms with van der Waals surface area (Å²) in [4.78, 5) is 8.31. The fourth-order valence-corrected chi connectivity index (χ4v) is 1.62. The first-order valence-electron chi connectivity index (χ1n) is 4.98. The summed E-state index contributed by atoms with van der Waals surface area (Å²) in [6.07, 6.45) is 0. The van der Waals surface area contributed by atoms with Gasteiger partial charge < -0.3 is 16.2 Å². The van der Waals surface area contributed by atoms with Crippen molar-refractivity contribution in [3.63, 3.8) is 0 Å². The van der Waals surface area contributed by atoms with Gasteiger partial charge >= 0.3 is 0 Å². The van der Waals surface area contributed by atoms with Crippen molar-refractivity contribution in [3.8, 4) is 5.75 Å². The van der Waals surface area contributed by atoms with E-state index in [1.807, 2.05) is 25.1 Å². The van der Waals surface area contributed by atoms with Crippen LogP contribution in [0.3, 0.4) is 0 Å². The highest BCUT2D eigenvalue weighted by Gasteiger charge is 2.10. The number of hydrogen-bond acceptors (Lipinski definition) is 5. The van der Waals surface area contributed by atoms with E-state index in [0.29, 0.717) is 0 Å². The number of nitrogens with zero attached hydrogens (tertiary/aromatic N) is 2. The van der Waals surface area contributed by atoms with E-state index in [2.05, 4.69) is 9.97 Å². The maximum atomic E-state index is 5.85. The summed E-state index contributed by atoms with van der Waals surface area (Å²) in [5, 5.41) is 0.878. The average Bonchev–Trinajstić information content (AvgIpc) is 2.27. The first-order valence-corrected chi connectivity index (χ1v) is 4.98. The number of hydrogen-bond donors (Lipinski definition) is 2. The number of nitrogen functional groups attached to an aromatic ring is 1. The normalized spacial score (nSPS) is 12.7. The van der Waals surface area contributed by atoms with E-state index in [1.165, 1.54) is 0 Å². The summed E-state index contributed by atoms with van der Waals surface area (Å²) < 4.78 is 5.16. The molecule has 0 spiro atoms. The van der Waals surface area contributed by atoms with E-state index in [0.717, 1.165) is 22.3 Å². The van der Waals surface area contributed by atoms with Crippen LogP contribution in [0.4, 0.5) is 5.95 Å². The number of rotatable bonds is 2. The van der Waals surface area contributed by atoms with Gasteiger partial charge in [0.25, 0.3) is 0 Å². The summed E-state index contributed by atoms with van der Waals surface area (Å²) in [7, 11) is 1.62. The maximum Gasteiger partial charge on any atom is 0.220 e. The summed E-state index contributed by atoms with van der Waals surface area (Å²) in [5.41, 5.74) is 13.0. The molecule has 2 aromatic rings. The molecule has 0 amide bonds. The van der Waals surface area contributed by atoms with Crippen LogP contribution in [0.2, 0.25) is 0 Å². The molecule has 1 aromatic heterocycles. The number of fused-ring (bicyclic) bond motifs is 1. The fraction of sp³-hybridized carbons (Fsp3) is 0.273. The van der Waals surface area contributed by atoms with Crippen molar-refractivity contribution in [1.29, 1.82) is 0 Å². The van der Waals surface area contributed by atoms with Crippen molar-refractivity contribution in [2.24, 2.45) is 5.73 Å². The number of nitrogens with two attached hydrogens (primary N) is 2. The predicted octanol–water partition coefficient (Wildman–Crippen LogP) is 1.24. The van der Waals surface area contributed by atoms with Crippen molar-refractivity contribution in [2.75, 3.05) is 12.8 Å². The fourth-order valence-electron chi connectivity index (χ4n) is 1.62. The molecule has 0 fully saturated rings. The van der Waals surface area contributed by atoms with E-state index < -0.39 is 0 Å². The van der Waals surface area contributed by atoms with Gasteiger partial charge in [-0.3, -0.25) is 0 Å². The maximum absolute atomic E-state index is 5.85. The zero-order valence-electron chi connectivity index (χ0n) is 9.27. The Bertz CT molecular complexity index is 525. The molecule has 1 unspecified atom stereocenters. The highest BCUT2D eigenvalue weighted by Crippen LogP contribution is 2.25. The van der Waals surface area contributed by atoms with Crippen LogP contribution in [0, 0.1) is 0 Å². The van der Waals surface area contributed by atoms with Gasteiger partial charge in [-0.2, -0.15) is 0 Å². The Morgan fingerprint density at radius 2 is 2.06 bits per heavy atom. The average molecular weight is 218 g/mol. The third-order valence-electron chi connectivity index (χ3n) is 2.38. The Balaban J connectivity index is 2.75. The smallest absolute Gasteiger partial charge is 0.220 e. The molecule has 0 aliphatic carbocycles. The van der Waals surface area contributed by atoms with Gasteiger partial charge in [0.1, 0.15) is 5.75 Å². The van der Waals surface area contributed by atoms with Gasteiger partial charge in [0, 0.05) is 11.4 Å². The predicted molar refractivity (Wildman–Crippen MR) is 63.1 cm³/mol. The van der Waals surface area contributed by atoms with Gasteiger partial charge in [0.15, 0.2) is 0 Å². The molecule has 0 bridgehead atoms. The first-order chi connectivity index (χ1) is 7.61. The van der Waals surface area contributed by atoms with Gasteiger partial charge in [0.05, 0.1) is 18.3 Å². The van der Waals surface area contributed by atoms with E-state index >= 15 is 0 Å². The molecular formula is C11H14N4O. The molecule has 84 valence electrons. The Labute approximate surface area is 93.4 Å². The van der Waals surface area contributed by atoms with Gasteiger partial charge in [-0.05, 0) is 25.1 Å². The lowest BCUT2D eigenvalue weighted by Crippen LogP contribution is -2.10. The van der Waals surface area contributed by atoms with E-state index in [1.54, 1.807) is 7.11 Å². The van der Waals surface area contributed by atoms with Gasteiger partial charge in [0.2, 0.25) is 5.95 Å². The summed E-state index contributed by atoms with van der Waals surface area (Å²) >= 11 is 0. The molecule has 16 heavy (non-hydrogen) atoms. The van der Waals surface area contributed by atoms with Crippen LogP contribution in [0.25, 0.3) is 10.9 Å². The second-order valence-corrected chi connectivity index (χ2v) is 3.64. The highest BCUT2D eigenvalue weighted by molar-refractivity contribution is 5.83. The number of aromatic nitrogens is 2. The SMILES string of the molecule is COc1ccc2nc(N)nc(C(C)N)c2c1.